The predicted octanol–water partition coefficient (Wildman–Crippen LogP) is 3.33. The molecule has 1 aromatic rings. The largest absolute Gasteiger partial charge is 0.478 e. The van der Waals surface area contributed by atoms with E-state index >= 15 is 0 Å². The Labute approximate surface area is 91.4 Å². The molecule has 74 valence electrons. The molecule has 0 spiro atoms. The number of carboxylic acids is 1. The maximum absolute atomic E-state index is 11.0. The van der Waals surface area contributed by atoms with Gasteiger partial charge in [0.25, 0.3) is 0 Å². The zero-order valence-electron chi connectivity index (χ0n) is 8.04. The number of hydrogen-bond donors (Lipinski definition) is 1. The summed E-state index contributed by atoms with van der Waals surface area (Å²) in [6, 6.07) is 7.31. The Balaban J connectivity index is 3.35. The maximum Gasteiger partial charge on any atom is 0.336 e. The van der Waals surface area contributed by atoms with E-state index in [0.717, 1.165) is 15.6 Å². The molecule has 0 unspecified atom stereocenters. The van der Waals surface area contributed by atoms with E-state index < -0.39 is 5.97 Å². The minimum atomic E-state index is -0.892. The first-order valence-electron chi connectivity index (χ1n) is 4.19. The third-order valence-electron chi connectivity index (χ3n) is 1.86. The van der Waals surface area contributed by atoms with Crippen molar-refractivity contribution in [1.82, 2.24) is 0 Å². The Morgan fingerprint density at radius 3 is 2.29 bits per heavy atom. The van der Waals surface area contributed by atoms with Crippen molar-refractivity contribution in [2.75, 3.05) is 0 Å². The van der Waals surface area contributed by atoms with Crippen molar-refractivity contribution in [3.63, 3.8) is 0 Å². The van der Waals surface area contributed by atoms with E-state index in [4.69, 9.17) is 5.11 Å². The average Bonchev–Trinajstić information content (AvgIpc) is 2.07. The number of allylic oxidation sites excluding steroid dienone is 1. The van der Waals surface area contributed by atoms with Gasteiger partial charge in [0, 0.05) is 10.0 Å². The summed E-state index contributed by atoms with van der Waals surface area (Å²) in [5, 5.41) is 9.04. The van der Waals surface area contributed by atoms with E-state index in [1.807, 2.05) is 18.2 Å². The molecule has 0 aliphatic rings. The molecule has 1 N–H and O–H groups in total. The Morgan fingerprint density at radius 2 is 1.86 bits per heavy atom. The third-order valence-corrected chi connectivity index (χ3v) is 2.55. The molecule has 0 aromatic heterocycles. The molecular formula is C11H11BrO2. The highest BCUT2D eigenvalue weighted by atomic mass is 79.9. The van der Waals surface area contributed by atoms with Crippen LogP contribution in [0.15, 0.2) is 34.3 Å². The number of aliphatic carboxylic acids is 1. The highest BCUT2D eigenvalue weighted by Gasteiger charge is 2.14. The molecule has 3 heteroatoms. The fourth-order valence-electron chi connectivity index (χ4n) is 1.26. The fraction of sp³-hybridized carbons (Fsp3) is 0.182. The average molecular weight is 255 g/mol. The van der Waals surface area contributed by atoms with E-state index in [2.05, 4.69) is 15.9 Å². The number of halogens is 1. The molecule has 0 fully saturated rings. The Hall–Kier alpha value is -1.09. The molecule has 0 bridgehead atoms. The maximum atomic E-state index is 11.0. The topological polar surface area (TPSA) is 37.3 Å². The Kier molecular flexibility index (Phi) is 3.47. The summed E-state index contributed by atoms with van der Waals surface area (Å²) < 4.78 is 0.804. The fourth-order valence-corrected chi connectivity index (χ4v) is 1.75. The molecule has 1 aromatic carbocycles. The number of rotatable bonds is 2. The second-order valence-corrected chi connectivity index (χ2v) is 4.01. The van der Waals surface area contributed by atoms with Crippen LogP contribution in [0.3, 0.4) is 0 Å². The molecule has 0 heterocycles. The summed E-state index contributed by atoms with van der Waals surface area (Å²) in [7, 11) is 0. The molecule has 0 aliphatic carbocycles. The van der Waals surface area contributed by atoms with E-state index in [1.165, 1.54) is 0 Å². The minimum Gasteiger partial charge on any atom is -0.478 e. The van der Waals surface area contributed by atoms with Gasteiger partial charge in [-0.05, 0) is 19.9 Å². The van der Waals surface area contributed by atoms with Gasteiger partial charge in [-0.25, -0.2) is 4.79 Å². The van der Waals surface area contributed by atoms with Gasteiger partial charge in [0.05, 0.1) is 5.57 Å². The van der Waals surface area contributed by atoms with Crippen molar-refractivity contribution >= 4 is 27.5 Å². The van der Waals surface area contributed by atoms with Crippen LogP contribution in [0.4, 0.5) is 0 Å². The van der Waals surface area contributed by atoms with Crippen molar-refractivity contribution in [2.24, 2.45) is 0 Å². The normalized spacial score (nSPS) is 9.64. The van der Waals surface area contributed by atoms with Gasteiger partial charge in [0.15, 0.2) is 0 Å². The lowest BCUT2D eigenvalue weighted by atomic mass is 10.0. The van der Waals surface area contributed by atoms with Gasteiger partial charge in [-0.3, -0.25) is 0 Å². The molecule has 0 atom stereocenters. The molecule has 1 rings (SSSR count). The van der Waals surface area contributed by atoms with Gasteiger partial charge in [-0.15, -0.1) is 0 Å². The zero-order valence-corrected chi connectivity index (χ0v) is 9.63. The summed E-state index contributed by atoms with van der Waals surface area (Å²) in [5.74, 6) is -0.892. The zero-order chi connectivity index (χ0) is 10.7. The highest BCUT2D eigenvalue weighted by Crippen LogP contribution is 2.26. The summed E-state index contributed by atoms with van der Waals surface area (Å²) in [5.41, 5.74) is 1.88. The van der Waals surface area contributed by atoms with Gasteiger partial charge in [0.1, 0.15) is 0 Å². The number of carbonyl (C=O) groups is 1. The Bertz CT molecular complexity index is 390. The first kappa shape index (κ1) is 11.0. The van der Waals surface area contributed by atoms with E-state index in [0.29, 0.717) is 5.57 Å². The van der Waals surface area contributed by atoms with E-state index in [9.17, 15) is 4.79 Å². The van der Waals surface area contributed by atoms with E-state index in [1.54, 1.807) is 19.9 Å². The molecule has 0 radical (unpaired) electrons. The van der Waals surface area contributed by atoms with Crippen molar-refractivity contribution in [3.8, 4) is 0 Å². The molecule has 0 aliphatic heterocycles. The molecular weight excluding hydrogens is 244 g/mol. The molecule has 0 saturated heterocycles. The summed E-state index contributed by atoms with van der Waals surface area (Å²) in [6.07, 6.45) is 0. The van der Waals surface area contributed by atoms with Crippen LogP contribution in [0.2, 0.25) is 0 Å². The molecule has 14 heavy (non-hydrogen) atoms. The SMILES string of the molecule is CC(C)=C(C(=O)O)c1ccccc1Br. The summed E-state index contributed by atoms with van der Waals surface area (Å²) in [4.78, 5) is 11.0. The van der Waals surface area contributed by atoms with Crippen molar-refractivity contribution in [3.05, 3.63) is 39.9 Å². The second-order valence-electron chi connectivity index (χ2n) is 3.16. The lowest BCUT2D eigenvalue weighted by Crippen LogP contribution is -2.02. The summed E-state index contributed by atoms with van der Waals surface area (Å²) in [6.45, 7) is 3.59. The van der Waals surface area contributed by atoms with Gasteiger partial charge in [-0.1, -0.05) is 39.7 Å². The second kappa shape index (κ2) is 4.42. The number of carboxylic acid groups (broad SMARTS) is 1. The van der Waals surface area contributed by atoms with Crippen LogP contribution in [0.25, 0.3) is 5.57 Å². The third kappa shape index (κ3) is 2.23. The molecule has 0 amide bonds. The van der Waals surface area contributed by atoms with Crippen LogP contribution < -0.4 is 0 Å². The smallest absolute Gasteiger partial charge is 0.336 e. The van der Waals surface area contributed by atoms with Gasteiger partial charge in [0.2, 0.25) is 0 Å². The van der Waals surface area contributed by atoms with Crippen LogP contribution in [-0.2, 0) is 4.79 Å². The van der Waals surface area contributed by atoms with Crippen LogP contribution in [-0.4, -0.2) is 11.1 Å². The van der Waals surface area contributed by atoms with Crippen LogP contribution in [0.1, 0.15) is 19.4 Å². The van der Waals surface area contributed by atoms with Gasteiger partial charge >= 0.3 is 5.97 Å². The minimum absolute atomic E-state index is 0.359. The van der Waals surface area contributed by atoms with Crippen molar-refractivity contribution < 1.29 is 9.90 Å². The lowest BCUT2D eigenvalue weighted by molar-refractivity contribution is -0.130. The van der Waals surface area contributed by atoms with Crippen molar-refractivity contribution in [2.45, 2.75) is 13.8 Å². The first-order chi connectivity index (χ1) is 6.54. The quantitative estimate of drug-likeness (QED) is 0.823. The van der Waals surface area contributed by atoms with Gasteiger partial charge in [-0.2, -0.15) is 0 Å². The monoisotopic (exact) mass is 254 g/mol. The van der Waals surface area contributed by atoms with Crippen molar-refractivity contribution in [1.29, 1.82) is 0 Å². The lowest BCUT2D eigenvalue weighted by Gasteiger charge is -2.06. The number of hydrogen-bond acceptors (Lipinski definition) is 1. The van der Waals surface area contributed by atoms with Crippen LogP contribution >= 0.6 is 15.9 Å². The summed E-state index contributed by atoms with van der Waals surface area (Å²) >= 11 is 3.34. The number of benzene rings is 1. The molecule has 2 nitrogen and oxygen atoms in total. The molecule has 0 saturated carbocycles. The first-order valence-corrected chi connectivity index (χ1v) is 4.99. The Morgan fingerprint density at radius 1 is 1.29 bits per heavy atom. The highest BCUT2D eigenvalue weighted by molar-refractivity contribution is 9.10. The predicted molar refractivity (Wildman–Crippen MR) is 60.0 cm³/mol. The van der Waals surface area contributed by atoms with Crippen LogP contribution in [0.5, 0.6) is 0 Å². The standard InChI is InChI=1S/C11H11BrO2/c1-7(2)10(11(13)14)8-5-3-4-6-9(8)12/h3-6H,1-2H3,(H,13,14). The van der Waals surface area contributed by atoms with E-state index in [-0.39, 0.29) is 0 Å². The van der Waals surface area contributed by atoms with Gasteiger partial charge < -0.3 is 5.11 Å². The van der Waals surface area contributed by atoms with Crippen LogP contribution in [0, 0.1) is 0 Å².